The molecule has 0 aliphatic heterocycles. The van der Waals surface area contributed by atoms with E-state index in [1.807, 2.05) is 13.8 Å². The fourth-order valence-electron chi connectivity index (χ4n) is 2.47. The maximum absolute atomic E-state index is 10.5. The first-order valence-electron chi connectivity index (χ1n) is 7.13. The Bertz CT molecular complexity index is 537. The summed E-state index contributed by atoms with van der Waals surface area (Å²) in [6.45, 7) is 4.38. The largest absolute Gasteiger partial charge is 0.390 e. The van der Waals surface area contributed by atoms with Gasteiger partial charge in [0.1, 0.15) is 0 Å². The van der Waals surface area contributed by atoms with Crippen LogP contribution in [-0.4, -0.2) is 30.2 Å². The summed E-state index contributed by atoms with van der Waals surface area (Å²) in [6, 6.07) is 5.99. The standard InChI is InChI=1S/C8H17NO.C7H8O3S/c1-8(10)5-3-2-4-7(8)6-9;1-6-2-4-7(5-3-6)11(8,9)10/h7,10H,2-6,9H2,1H3;2-5H,1H3,(H,8,9,10). The third kappa shape index (κ3) is 5.74. The highest BCUT2D eigenvalue weighted by molar-refractivity contribution is 7.85. The topological polar surface area (TPSA) is 101 Å². The zero-order valence-corrected chi connectivity index (χ0v) is 13.4. The van der Waals surface area contributed by atoms with Crippen molar-refractivity contribution in [1.82, 2.24) is 0 Å². The summed E-state index contributed by atoms with van der Waals surface area (Å²) in [5.41, 5.74) is 6.00. The molecule has 0 amide bonds. The Labute approximate surface area is 126 Å². The second-order valence-electron chi connectivity index (χ2n) is 5.82. The summed E-state index contributed by atoms with van der Waals surface area (Å²) in [6.07, 6.45) is 4.42. The van der Waals surface area contributed by atoms with Gasteiger partial charge in [0.05, 0.1) is 10.5 Å². The van der Waals surface area contributed by atoms with Gasteiger partial charge in [-0.15, -0.1) is 0 Å². The Hall–Kier alpha value is -0.950. The lowest BCUT2D eigenvalue weighted by atomic mass is 9.77. The summed E-state index contributed by atoms with van der Waals surface area (Å²) >= 11 is 0. The highest BCUT2D eigenvalue weighted by Crippen LogP contribution is 2.32. The molecule has 0 aromatic heterocycles. The third-order valence-corrected chi connectivity index (χ3v) is 4.84. The average molecular weight is 315 g/mol. The summed E-state index contributed by atoms with van der Waals surface area (Å²) in [7, 11) is -4.02. The van der Waals surface area contributed by atoms with E-state index in [0.717, 1.165) is 24.8 Å². The van der Waals surface area contributed by atoms with Crippen molar-refractivity contribution in [2.75, 3.05) is 6.54 Å². The van der Waals surface area contributed by atoms with E-state index in [-0.39, 0.29) is 4.90 Å². The van der Waals surface area contributed by atoms with Crippen molar-refractivity contribution >= 4 is 10.1 Å². The van der Waals surface area contributed by atoms with E-state index in [4.69, 9.17) is 10.3 Å². The van der Waals surface area contributed by atoms with Crippen molar-refractivity contribution in [2.45, 2.75) is 50.0 Å². The van der Waals surface area contributed by atoms with Gasteiger partial charge in [0, 0.05) is 0 Å². The first-order chi connectivity index (χ1) is 9.66. The molecule has 4 N–H and O–H groups in total. The number of hydrogen-bond acceptors (Lipinski definition) is 4. The van der Waals surface area contributed by atoms with E-state index in [2.05, 4.69) is 0 Å². The van der Waals surface area contributed by atoms with Crippen LogP contribution in [0.1, 0.15) is 38.2 Å². The molecule has 0 heterocycles. The Morgan fingerprint density at radius 1 is 1.29 bits per heavy atom. The summed E-state index contributed by atoms with van der Waals surface area (Å²) in [4.78, 5) is -0.0666. The fourth-order valence-corrected chi connectivity index (χ4v) is 2.95. The molecular formula is C15H25NO4S. The summed E-state index contributed by atoms with van der Waals surface area (Å²) in [5.74, 6) is 0.334. The molecule has 120 valence electrons. The fraction of sp³-hybridized carbons (Fsp3) is 0.600. The van der Waals surface area contributed by atoms with Gasteiger partial charge in [-0.1, -0.05) is 30.5 Å². The van der Waals surface area contributed by atoms with E-state index in [1.54, 1.807) is 12.1 Å². The zero-order valence-electron chi connectivity index (χ0n) is 12.6. The lowest BCUT2D eigenvalue weighted by Gasteiger charge is -2.36. The second-order valence-corrected chi connectivity index (χ2v) is 7.25. The number of benzene rings is 1. The molecule has 1 fully saturated rings. The van der Waals surface area contributed by atoms with E-state index >= 15 is 0 Å². The average Bonchev–Trinajstić information content (AvgIpc) is 2.38. The molecule has 2 rings (SSSR count). The Morgan fingerprint density at radius 3 is 2.24 bits per heavy atom. The lowest BCUT2D eigenvalue weighted by molar-refractivity contribution is -0.0277. The van der Waals surface area contributed by atoms with Crippen LogP contribution in [0.5, 0.6) is 0 Å². The molecular weight excluding hydrogens is 290 g/mol. The van der Waals surface area contributed by atoms with Crippen molar-refractivity contribution < 1.29 is 18.1 Å². The van der Waals surface area contributed by atoms with Crippen molar-refractivity contribution in [3.05, 3.63) is 29.8 Å². The minimum atomic E-state index is -4.02. The predicted octanol–water partition coefficient (Wildman–Crippen LogP) is 2.13. The van der Waals surface area contributed by atoms with Gasteiger partial charge in [-0.3, -0.25) is 4.55 Å². The first kappa shape index (κ1) is 18.1. The molecule has 21 heavy (non-hydrogen) atoms. The maximum atomic E-state index is 10.5. The third-order valence-electron chi connectivity index (χ3n) is 3.97. The predicted molar refractivity (Wildman–Crippen MR) is 82.6 cm³/mol. The maximum Gasteiger partial charge on any atom is 0.294 e. The molecule has 0 bridgehead atoms. The quantitative estimate of drug-likeness (QED) is 0.726. The van der Waals surface area contributed by atoms with Gasteiger partial charge in [0.15, 0.2) is 0 Å². The van der Waals surface area contributed by atoms with Gasteiger partial charge in [-0.05, 0) is 51.3 Å². The molecule has 1 aromatic carbocycles. The van der Waals surface area contributed by atoms with Crippen molar-refractivity contribution in [3.8, 4) is 0 Å². The molecule has 1 aromatic rings. The van der Waals surface area contributed by atoms with Gasteiger partial charge in [-0.2, -0.15) is 8.42 Å². The Morgan fingerprint density at radius 2 is 1.86 bits per heavy atom. The van der Waals surface area contributed by atoms with Crippen LogP contribution in [0, 0.1) is 12.8 Å². The summed E-state index contributed by atoms with van der Waals surface area (Å²) < 4.78 is 29.6. The molecule has 1 aliphatic carbocycles. The molecule has 2 atom stereocenters. The number of aryl methyl sites for hydroxylation is 1. The number of aliphatic hydroxyl groups is 1. The smallest absolute Gasteiger partial charge is 0.294 e. The molecule has 1 aliphatic rings. The molecule has 0 spiro atoms. The molecule has 5 nitrogen and oxygen atoms in total. The van der Waals surface area contributed by atoms with Crippen molar-refractivity contribution in [1.29, 1.82) is 0 Å². The van der Waals surface area contributed by atoms with Gasteiger partial charge in [-0.25, -0.2) is 0 Å². The van der Waals surface area contributed by atoms with Crippen LogP contribution in [0.2, 0.25) is 0 Å². The van der Waals surface area contributed by atoms with Gasteiger partial charge >= 0.3 is 0 Å². The molecule has 2 unspecified atom stereocenters. The van der Waals surface area contributed by atoms with E-state index in [9.17, 15) is 13.5 Å². The van der Waals surface area contributed by atoms with Gasteiger partial charge in [0.2, 0.25) is 0 Å². The van der Waals surface area contributed by atoms with Crippen LogP contribution in [0.4, 0.5) is 0 Å². The van der Waals surface area contributed by atoms with Crippen LogP contribution >= 0.6 is 0 Å². The van der Waals surface area contributed by atoms with E-state index in [1.165, 1.54) is 18.6 Å². The van der Waals surface area contributed by atoms with E-state index < -0.39 is 15.7 Å². The van der Waals surface area contributed by atoms with Crippen LogP contribution in [0.3, 0.4) is 0 Å². The highest BCUT2D eigenvalue weighted by Gasteiger charge is 2.32. The number of rotatable bonds is 2. The van der Waals surface area contributed by atoms with Crippen molar-refractivity contribution in [2.24, 2.45) is 11.7 Å². The normalized spacial score (nSPS) is 25.9. The van der Waals surface area contributed by atoms with E-state index in [0.29, 0.717) is 12.5 Å². The Kier molecular flexibility index (Phi) is 6.34. The van der Waals surface area contributed by atoms with Crippen LogP contribution in [0.15, 0.2) is 29.2 Å². The zero-order chi connectivity index (χ0) is 16.1. The van der Waals surface area contributed by atoms with Crippen LogP contribution in [0.25, 0.3) is 0 Å². The lowest BCUT2D eigenvalue weighted by Crippen LogP contribution is -2.41. The number of hydrogen-bond donors (Lipinski definition) is 3. The second kappa shape index (κ2) is 7.35. The molecule has 0 saturated heterocycles. The Balaban J connectivity index is 0.000000211. The molecule has 6 heteroatoms. The minimum absolute atomic E-state index is 0.0666. The van der Waals surface area contributed by atoms with Gasteiger partial charge < -0.3 is 10.8 Å². The van der Waals surface area contributed by atoms with Gasteiger partial charge in [0.25, 0.3) is 10.1 Å². The first-order valence-corrected chi connectivity index (χ1v) is 8.57. The molecule has 0 radical (unpaired) electrons. The highest BCUT2D eigenvalue weighted by atomic mass is 32.2. The monoisotopic (exact) mass is 315 g/mol. The van der Waals surface area contributed by atoms with Crippen LogP contribution < -0.4 is 5.73 Å². The number of nitrogens with two attached hydrogens (primary N) is 1. The molecule has 1 saturated carbocycles. The summed E-state index contributed by atoms with van der Waals surface area (Å²) in [5, 5.41) is 9.75. The van der Waals surface area contributed by atoms with Crippen LogP contribution in [-0.2, 0) is 10.1 Å². The SMILES string of the molecule is CC1(O)CCCCC1CN.Cc1ccc(S(=O)(=O)O)cc1. The van der Waals surface area contributed by atoms with Crippen molar-refractivity contribution in [3.63, 3.8) is 0 Å². The minimum Gasteiger partial charge on any atom is -0.390 e.